The van der Waals surface area contributed by atoms with Gasteiger partial charge in [-0.05, 0) is 39.7 Å². The van der Waals surface area contributed by atoms with E-state index in [-0.39, 0.29) is 6.54 Å². The molecule has 0 fully saturated rings. The number of carboxylic acids is 3. The lowest BCUT2D eigenvalue weighted by Gasteiger charge is -2.48. The predicted octanol–water partition coefficient (Wildman–Crippen LogP) is 2.58. The third-order valence-corrected chi connectivity index (χ3v) is 5.78. The van der Waals surface area contributed by atoms with E-state index in [1.54, 1.807) is 6.08 Å². The third-order valence-electron chi connectivity index (χ3n) is 5.78. The van der Waals surface area contributed by atoms with Crippen molar-refractivity contribution in [1.82, 2.24) is 0 Å². The summed E-state index contributed by atoms with van der Waals surface area (Å²) >= 11 is 0. The standard InChI is InChI=1S/C21H37NO6/c1-5-6-7-8-9-10-11-12-13-14-15-22(16(2)19(23)24,17(3)20(25)26)18(4)21(27)28/h13-14,16-18H,5-12,15H2,1-4H3,(H2-,23,24,25,26,27,28)/b14-13+. The van der Waals surface area contributed by atoms with Gasteiger partial charge in [-0.25, -0.2) is 9.59 Å². The van der Waals surface area contributed by atoms with Gasteiger partial charge in [-0.1, -0.05) is 51.5 Å². The first-order chi connectivity index (χ1) is 13.1. The number of carboxylic acid groups (broad SMARTS) is 3. The van der Waals surface area contributed by atoms with Gasteiger partial charge in [0.05, 0.1) is 12.5 Å². The Bertz CT molecular complexity index is 481. The van der Waals surface area contributed by atoms with Gasteiger partial charge in [0.25, 0.3) is 0 Å². The summed E-state index contributed by atoms with van der Waals surface area (Å²) in [5.41, 5.74) is 0. The lowest BCUT2D eigenvalue weighted by Crippen LogP contribution is -2.71. The van der Waals surface area contributed by atoms with E-state index in [1.807, 2.05) is 6.08 Å². The second-order valence-corrected chi connectivity index (χ2v) is 7.58. The largest absolute Gasteiger partial charge is 0.544 e. The molecular formula is C21H37NO6. The van der Waals surface area contributed by atoms with E-state index >= 15 is 0 Å². The summed E-state index contributed by atoms with van der Waals surface area (Å²) in [6.07, 6.45) is 12.7. The van der Waals surface area contributed by atoms with Gasteiger partial charge in [-0.2, -0.15) is 0 Å². The Labute approximate surface area is 168 Å². The van der Waals surface area contributed by atoms with Crippen molar-refractivity contribution < 1.29 is 34.2 Å². The third kappa shape index (κ3) is 7.62. The normalized spacial score (nSPS) is 17.0. The monoisotopic (exact) mass is 399 g/mol. The molecule has 0 aliphatic carbocycles. The van der Waals surface area contributed by atoms with Crippen molar-refractivity contribution in [2.75, 3.05) is 6.54 Å². The Hall–Kier alpha value is -1.89. The molecule has 0 amide bonds. The zero-order valence-corrected chi connectivity index (χ0v) is 17.7. The van der Waals surface area contributed by atoms with E-state index in [4.69, 9.17) is 0 Å². The maximum absolute atomic E-state index is 11.6. The summed E-state index contributed by atoms with van der Waals surface area (Å²) in [7, 11) is 0. The number of aliphatic carboxylic acids is 3. The van der Waals surface area contributed by atoms with Crippen molar-refractivity contribution in [3.8, 4) is 0 Å². The second-order valence-electron chi connectivity index (χ2n) is 7.58. The molecule has 0 saturated heterocycles. The predicted molar refractivity (Wildman–Crippen MR) is 106 cm³/mol. The highest BCUT2D eigenvalue weighted by atomic mass is 16.4. The fourth-order valence-electron chi connectivity index (χ4n) is 3.68. The molecule has 0 aliphatic rings. The van der Waals surface area contributed by atoms with Gasteiger partial charge in [0.2, 0.25) is 0 Å². The molecule has 0 bridgehead atoms. The Kier molecular flexibility index (Phi) is 12.4. The van der Waals surface area contributed by atoms with Crippen LogP contribution in [-0.2, 0) is 14.4 Å². The van der Waals surface area contributed by atoms with E-state index in [9.17, 15) is 29.7 Å². The minimum absolute atomic E-state index is 0.00653. The van der Waals surface area contributed by atoms with Gasteiger partial charge >= 0.3 is 11.9 Å². The van der Waals surface area contributed by atoms with Crippen LogP contribution in [0.25, 0.3) is 0 Å². The maximum atomic E-state index is 11.6. The van der Waals surface area contributed by atoms with Gasteiger partial charge in [-0.3, -0.25) is 4.48 Å². The number of rotatable bonds is 16. The number of allylic oxidation sites excluding steroid dienone is 1. The van der Waals surface area contributed by atoms with Gasteiger partial charge < -0.3 is 20.1 Å². The van der Waals surface area contributed by atoms with Crippen molar-refractivity contribution >= 4 is 17.9 Å². The van der Waals surface area contributed by atoms with Crippen LogP contribution in [0, 0.1) is 0 Å². The van der Waals surface area contributed by atoms with Gasteiger partial charge in [0.1, 0.15) is 6.04 Å². The average Bonchev–Trinajstić information content (AvgIpc) is 2.64. The molecular weight excluding hydrogens is 362 g/mol. The van der Waals surface area contributed by atoms with E-state index in [0.29, 0.717) is 0 Å². The molecule has 7 heteroatoms. The average molecular weight is 400 g/mol. The number of hydrogen-bond acceptors (Lipinski definition) is 4. The number of quaternary nitrogens is 1. The first-order valence-electron chi connectivity index (χ1n) is 10.3. The molecule has 0 saturated carbocycles. The highest BCUT2D eigenvalue weighted by Crippen LogP contribution is 2.26. The van der Waals surface area contributed by atoms with Crippen molar-refractivity contribution in [3.05, 3.63) is 12.2 Å². The summed E-state index contributed by atoms with van der Waals surface area (Å²) in [6, 6.07) is -3.69. The highest BCUT2D eigenvalue weighted by Gasteiger charge is 2.50. The Morgan fingerprint density at radius 2 is 1.29 bits per heavy atom. The lowest BCUT2D eigenvalue weighted by atomic mass is 10.0. The molecule has 0 heterocycles. The molecule has 0 radical (unpaired) electrons. The first kappa shape index (κ1) is 26.1. The smallest absolute Gasteiger partial charge is 0.362 e. The SMILES string of the molecule is CCCCCCCCC/C=C/C[N+](C(C)C(=O)[O-])(C(C)C(=O)O)C(C)C(=O)O. The van der Waals surface area contributed by atoms with E-state index in [1.165, 1.54) is 52.9 Å². The summed E-state index contributed by atoms with van der Waals surface area (Å²) in [4.78, 5) is 34.8. The quantitative estimate of drug-likeness (QED) is 0.234. The number of carbonyl (C=O) groups excluding carboxylic acids is 1. The second kappa shape index (κ2) is 13.3. The van der Waals surface area contributed by atoms with Crippen molar-refractivity contribution in [3.63, 3.8) is 0 Å². The molecule has 0 aromatic heterocycles. The molecule has 0 aromatic rings. The number of nitrogens with zero attached hydrogens (tertiary/aromatic N) is 1. The summed E-state index contributed by atoms with van der Waals surface area (Å²) in [5, 5.41) is 30.5. The minimum Gasteiger partial charge on any atom is -0.544 e. The van der Waals surface area contributed by atoms with Crippen LogP contribution in [0.4, 0.5) is 0 Å². The number of carbonyl (C=O) groups is 3. The lowest BCUT2D eigenvalue weighted by molar-refractivity contribution is -0.964. The molecule has 162 valence electrons. The first-order valence-corrected chi connectivity index (χ1v) is 10.3. The molecule has 0 aromatic carbocycles. The molecule has 3 unspecified atom stereocenters. The highest BCUT2D eigenvalue weighted by molar-refractivity contribution is 5.77. The zero-order chi connectivity index (χ0) is 21.7. The van der Waals surface area contributed by atoms with Crippen LogP contribution in [0.1, 0.15) is 79.1 Å². The van der Waals surface area contributed by atoms with E-state index in [0.717, 1.165) is 19.3 Å². The van der Waals surface area contributed by atoms with E-state index < -0.39 is 40.5 Å². The van der Waals surface area contributed by atoms with Crippen molar-refractivity contribution in [2.45, 2.75) is 97.2 Å². The fraction of sp³-hybridized carbons (Fsp3) is 0.762. The molecule has 0 rings (SSSR count). The summed E-state index contributed by atoms with van der Waals surface area (Å²) in [6.45, 7) is 6.21. The minimum atomic E-state index is -1.46. The van der Waals surface area contributed by atoms with E-state index in [2.05, 4.69) is 6.92 Å². The molecule has 2 N–H and O–H groups in total. The maximum Gasteiger partial charge on any atom is 0.362 e. The molecule has 7 nitrogen and oxygen atoms in total. The topological polar surface area (TPSA) is 115 Å². The van der Waals surface area contributed by atoms with Gasteiger partial charge in [-0.15, -0.1) is 0 Å². The number of hydrogen-bond donors (Lipinski definition) is 2. The summed E-state index contributed by atoms with van der Waals surface area (Å²) < 4.78 is -0.624. The molecule has 28 heavy (non-hydrogen) atoms. The molecule has 3 atom stereocenters. The van der Waals surface area contributed by atoms with Crippen LogP contribution in [0.5, 0.6) is 0 Å². The Balaban J connectivity index is 5.10. The van der Waals surface area contributed by atoms with Crippen LogP contribution in [-0.4, -0.2) is 57.3 Å². The van der Waals surface area contributed by atoms with Crippen molar-refractivity contribution in [2.24, 2.45) is 0 Å². The van der Waals surface area contributed by atoms with Crippen LogP contribution >= 0.6 is 0 Å². The van der Waals surface area contributed by atoms with Crippen LogP contribution in [0.15, 0.2) is 12.2 Å². The van der Waals surface area contributed by atoms with Crippen molar-refractivity contribution in [1.29, 1.82) is 0 Å². The Morgan fingerprint density at radius 3 is 1.71 bits per heavy atom. The molecule has 0 spiro atoms. The number of unbranched alkanes of at least 4 members (excludes halogenated alkanes) is 7. The Morgan fingerprint density at radius 1 is 0.821 bits per heavy atom. The van der Waals surface area contributed by atoms with Crippen LogP contribution < -0.4 is 5.11 Å². The van der Waals surface area contributed by atoms with Crippen LogP contribution in [0.3, 0.4) is 0 Å². The zero-order valence-electron chi connectivity index (χ0n) is 17.7. The fourth-order valence-corrected chi connectivity index (χ4v) is 3.68. The summed E-state index contributed by atoms with van der Waals surface area (Å²) in [5.74, 6) is -3.93. The van der Waals surface area contributed by atoms with Crippen LogP contribution in [0.2, 0.25) is 0 Å². The van der Waals surface area contributed by atoms with Gasteiger partial charge in [0, 0.05) is 0 Å². The van der Waals surface area contributed by atoms with Gasteiger partial charge in [0.15, 0.2) is 12.1 Å². The molecule has 0 aliphatic heterocycles.